The highest BCUT2D eigenvalue weighted by Gasteiger charge is 2.20. The second kappa shape index (κ2) is 7.78. The zero-order valence-electron chi connectivity index (χ0n) is 17.0. The van der Waals surface area contributed by atoms with Crippen LogP contribution >= 0.6 is 11.6 Å². The van der Waals surface area contributed by atoms with Gasteiger partial charge in [-0.2, -0.15) is 0 Å². The largest absolute Gasteiger partial charge is 0.326 e. The number of aryl methyl sites for hydroxylation is 2. The molecule has 30 heavy (non-hydrogen) atoms. The van der Waals surface area contributed by atoms with Crippen molar-refractivity contribution >= 4 is 38.3 Å². The molecular formula is C23H22ClN3O2S. The third-order valence-corrected chi connectivity index (χ3v) is 6.89. The number of nitrogens with one attached hydrogen (secondary N) is 1. The van der Waals surface area contributed by atoms with Gasteiger partial charge in [-0.25, -0.2) is 13.4 Å². The molecule has 0 spiro atoms. The van der Waals surface area contributed by atoms with Crippen molar-refractivity contribution in [1.29, 1.82) is 0 Å². The zero-order chi connectivity index (χ0) is 21.5. The fraction of sp³-hybridized carbons (Fsp3) is 0.174. The Morgan fingerprint density at radius 2 is 1.67 bits per heavy atom. The maximum absolute atomic E-state index is 13.0. The van der Waals surface area contributed by atoms with Crippen LogP contribution in [0.5, 0.6) is 0 Å². The minimum Gasteiger partial charge on any atom is -0.326 e. The number of imidazole rings is 1. The summed E-state index contributed by atoms with van der Waals surface area (Å²) in [7, 11) is -3.77. The minimum atomic E-state index is -3.77. The number of anilines is 1. The highest BCUT2D eigenvalue weighted by atomic mass is 35.5. The van der Waals surface area contributed by atoms with Crippen molar-refractivity contribution in [3.05, 3.63) is 88.2 Å². The van der Waals surface area contributed by atoms with Gasteiger partial charge < -0.3 is 4.57 Å². The molecule has 4 rings (SSSR count). The van der Waals surface area contributed by atoms with Crippen molar-refractivity contribution < 1.29 is 8.42 Å². The average Bonchev–Trinajstić information content (AvgIpc) is 3.09. The predicted molar refractivity (Wildman–Crippen MR) is 122 cm³/mol. The quantitative estimate of drug-likeness (QED) is 0.448. The Kier molecular flexibility index (Phi) is 5.30. The second-order valence-electron chi connectivity index (χ2n) is 7.48. The molecule has 0 saturated carbocycles. The number of halogens is 1. The van der Waals surface area contributed by atoms with Gasteiger partial charge in [0.25, 0.3) is 10.0 Å². The van der Waals surface area contributed by atoms with Gasteiger partial charge in [0.1, 0.15) is 5.52 Å². The van der Waals surface area contributed by atoms with E-state index in [9.17, 15) is 8.42 Å². The number of fused-ring (bicyclic) bond motifs is 1. The molecule has 0 aliphatic heterocycles. The van der Waals surface area contributed by atoms with E-state index in [4.69, 9.17) is 11.6 Å². The van der Waals surface area contributed by atoms with Gasteiger partial charge in [-0.3, -0.25) is 4.72 Å². The first-order valence-electron chi connectivity index (χ1n) is 9.53. The molecular weight excluding hydrogens is 418 g/mol. The van der Waals surface area contributed by atoms with Crippen LogP contribution in [-0.2, 0) is 16.6 Å². The Bertz CT molecular complexity index is 1330. The number of hydrogen-bond donors (Lipinski definition) is 1. The Balaban J connectivity index is 1.76. The van der Waals surface area contributed by atoms with E-state index in [2.05, 4.69) is 40.9 Å². The topological polar surface area (TPSA) is 64.0 Å². The SMILES string of the molecule is Cc1ccc(Cn2cnc3c(NS(=O)(=O)c4ccc(Cl)cc4)c(C)c(C)cc32)cc1. The van der Waals surface area contributed by atoms with Gasteiger partial charge in [0.05, 0.1) is 22.4 Å². The van der Waals surface area contributed by atoms with Crippen LogP contribution < -0.4 is 4.72 Å². The molecule has 5 nitrogen and oxygen atoms in total. The van der Waals surface area contributed by atoms with Gasteiger partial charge >= 0.3 is 0 Å². The number of aromatic nitrogens is 2. The molecule has 0 saturated heterocycles. The third-order valence-electron chi connectivity index (χ3n) is 5.27. The highest BCUT2D eigenvalue weighted by Crippen LogP contribution is 2.31. The predicted octanol–water partition coefficient (Wildman–Crippen LogP) is 5.46. The van der Waals surface area contributed by atoms with Crippen molar-refractivity contribution in [2.75, 3.05) is 4.72 Å². The maximum atomic E-state index is 13.0. The van der Waals surface area contributed by atoms with Crippen molar-refractivity contribution in [3.63, 3.8) is 0 Å². The molecule has 0 bridgehead atoms. The van der Waals surface area contributed by atoms with Gasteiger partial charge in [-0.1, -0.05) is 41.4 Å². The molecule has 1 N–H and O–H groups in total. The first kappa shape index (κ1) is 20.4. The van der Waals surface area contributed by atoms with E-state index in [1.807, 2.05) is 24.5 Å². The van der Waals surface area contributed by atoms with Gasteiger partial charge in [0.2, 0.25) is 0 Å². The maximum Gasteiger partial charge on any atom is 0.261 e. The van der Waals surface area contributed by atoms with Gasteiger partial charge in [0, 0.05) is 11.6 Å². The lowest BCUT2D eigenvalue weighted by atomic mass is 10.1. The van der Waals surface area contributed by atoms with E-state index < -0.39 is 10.0 Å². The van der Waals surface area contributed by atoms with Crippen LogP contribution in [-0.4, -0.2) is 18.0 Å². The fourth-order valence-corrected chi connectivity index (χ4v) is 4.63. The molecule has 0 aliphatic carbocycles. The summed E-state index contributed by atoms with van der Waals surface area (Å²) >= 11 is 5.90. The van der Waals surface area contributed by atoms with E-state index in [0.29, 0.717) is 22.8 Å². The summed E-state index contributed by atoms with van der Waals surface area (Å²) in [5.74, 6) is 0. The first-order valence-corrected chi connectivity index (χ1v) is 11.4. The van der Waals surface area contributed by atoms with Crippen molar-refractivity contribution in [2.45, 2.75) is 32.2 Å². The summed E-state index contributed by atoms with van der Waals surface area (Å²) < 4.78 is 30.7. The lowest BCUT2D eigenvalue weighted by molar-refractivity contribution is 0.601. The summed E-state index contributed by atoms with van der Waals surface area (Å²) in [6.07, 6.45) is 1.75. The van der Waals surface area contributed by atoms with Crippen molar-refractivity contribution in [1.82, 2.24) is 9.55 Å². The summed E-state index contributed by atoms with van der Waals surface area (Å²) in [6, 6.07) is 16.5. The van der Waals surface area contributed by atoms with Crippen molar-refractivity contribution in [2.24, 2.45) is 0 Å². The van der Waals surface area contributed by atoms with E-state index >= 15 is 0 Å². The zero-order valence-corrected chi connectivity index (χ0v) is 18.6. The number of rotatable bonds is 5. The van der Waals surface area contributed by atoms with E-state index in [-0.39, 0.29) is 4.90 Å². The Hall–Kier alpha value is -2.83. The van der Waals surface area contributed by atoms with E-state index in [1.165, 1.54) is 17.7 Å². The first-order chi connectivity index (χ1) is 14.2. The molecule has 3 aromatic carbocycles. The van der Waals surface area contributed by atoms with E-state index in [0.717, 1.165) is 22.2 Å². The molecule has 154 valence electrons. The Labute approximate surface area is 181 Å². The molecule has 0 atom stereocenters. The molecule has 1 heterocycles. The lowest BCUT2D eigenvalue weighted by Crippen LogP contribution is -2.14. The number of nitrogens with zero attached hydrogens (tertiary/aromatic N) is 2. The smallest absolute Gasteiger partial charge is 0.261 e. The van der Waals surface area contributed by atoms with Crippen LogP contribution in [0.25, 0.3) is 11.0 Å². The standard InChI is InChI=1S/C23H22ClN3O2S/c1-15-4-6-18(7-5-15)13-27-14-25-23-21(27)12-16(2)17(3)22(23)26-30(28,29)20-10-8-19(24)9-11-20/h4-12,14,26H,13H2,1-3H3. The van der Waals surface area contributed by atoms with Gasteiger partial charge in [-0.15, -0.1) is 0 Å². The van der Waals surface area contributed by atoms with Crippen LogP contribution in [0.2, 0.25) is 5.02 Å². The molecule has 0 amide bonds. The average molecular weight is 440 g/mol. The lowest BCUT2D eigenvalue weighted by Gasteiger charge is -2.14. The Morgan fingerprint density at radius 1 is 1.00 bits per heavy atom. The molecule has 0 aliphatic rings. The molecule has 4 aromatic rings. The van der Waals surface area contributed by atoms with Crippen LogP contribution in [0.1, 0.15) is 22.3 Å². The number of hydrogen-bond acceptors (Lipinski definition) is 3. The fourth-order valence-electron chi connectivity index (χ4n) is 3.37. The summed E-state index contributed by atoms with van der Waals surface area (Å²) in [4.78, 5) is 4.69. The monoisotopic (exact) mass is 439 g/mol. The van der Waals surface area contributed by atoms with Crippen LogP contribution in [0.4, 0.5) is 5.69 Å². The van der Waals surface area contributed by atoms with Crippen LogP contribution in [0.3, 0.4) is 0 Å². The summed E-state index contributed by atoms with van der Waals surface area (Å²) in [5, 5.41) is 0.484. The summed E-state index contributed by atoms with van der Waals surface area (Å²) in [6.45, 7) is 6.58. The third kappa shape index (κ3) is 3.93. The van der Waals surface area contributed by atoms with Crippen LogP contribution in [0, 0.1) is 20.8 Å². The molecule has 1 aromatic heterocycles. The van der Waals surface area contributed by atoms with Gasteiger partial charge in [-0.05, 0) is 67.8 Å². The highest BCUT2D eigenvalue weighted by molar-refractivity contribution is 7.92. The minimum absolute atomic E-state index is 0.153. The van der Waals surface area contributed by atoms with Crippen LogP contribution in [0.15, 0.2) is 65.8 Å². The number of benzene rings is 3. The molecule has 0 radical (unpaired) electrons. The second-order valence-corrected chi connectivity index (χ2v) is 9.60. The normalized spacial score (nSPS) is 11.7. The molecule has 7 heteroatoms. The molecule has 0 fully saturated rings. The van der Waals surface area contributed by atoms with Crippen molar-refractivity contribution in [3.8, 4) is 0 Å². The molecule has 0 unspecified atom stereocenters. The van der Waals surface area contributed by atoms with E-state index in [1.54, 1.807) is 18.5 Å². The van der Waals surface area contributed by atoms with Gasteiger partial charge in [0.15, 0.2) is 0 Å². The summed E-state index contributed by atoms with van der Waals surface area (Å²) in [5.41, 5.74) is 6.21. The Morgan fingerprint density at radius 3 is 2.33 bits per heavy atom. The number of sulfonamides is 1.